The van der Waals surface area contributed by atoms with Crippen LogP contribution in [0, 0.1) is 0 Å². The van der Waals surface area contributed by atoms with E-state index in [1.165, 1.54) is 30.5 Å². The minimum absolute atomic E-state index is 0. The molecule has 0 saturated heterocycles. The SMILES string of the molecule is CC(N)CCNS(=O)(=O)c1ccc(-n2ncc(Cl)c(Cl)c2=O)cc1.Cl. The van der Waals surface area contributed by atoms with Crippen LogP contribution in [0.3, 0.4) is 0 Å². The smallest absolute Gasteiger partial charge is 0.291 e. The molecule has 0 aliphatic carbocycles. The van der Waals surface area contributed by atoms with Crippen LogP contribution in [0.1, 0.15) is 13.3 Å². The summed E-state index contributed by atoms with van der Waals surface area (Å²) in [5.74, 6) is 0. The molecule has 138 valence electrons. The molecule has 0 radical (unpaired) electrons. The zero-order valence-electron chi connectivity index (χ0n) is 13.1. The summed E-state index contributed by atoms with van der Waals surface area (Å²) >= 11 is 11.5. The zero-order valence-corrected chi connectivity index (χ0v) is 16.3. The normalized spacial score (nSPS) is 12.5. The maximum absolute atomic E-state index is 12.2. The van der Waals surface area contributed by atoms with Crippen LogP contribution in [-0.2, 0) is 10.0 Å². The molecule has 0 saturated carbocycles. The molecular formula is C14H17Cl3N4O3S. The van der Waals surface area contributed by atoms with Crippen LogP contribution in [0.15, 0.2) is 40.2 Å². The molecule has 25 heavy (non-hydrogen) atoms. The van der Waals surface area contributed by atoms with E-state index in [-0.39, 0.29) is 39.9 Å². The minimum Gasteiger partial charge on any atom is -0.328 e. The molecule has 1 heterocycles. The topological polar surface area (TPSA) is 107 Å². The highest BCUT2D eigenvalue weighted by atomic mass is 35.5. The lowest BCUT2D eigenvalue weighted by atomic mass is 10.3. The Morgan fingerprint density at radius 1 is 1.28 bits per heavy atom. The van der Waals surface area contributed by atoms with Gasteiger partial charge in [0.15, 0.2) is 0 Å². The predicted molar refractivity (Wildman–Crippen MR) is 101 cm³/mol. The van der Waals surface area contributed by atoms with Crippen molar-refractivity contribution in [2.24, 2.45) is 5.73 Å². The Morgan fingerprint density at radius 2 is 1.88 bits per heavy atom. The van der Waals surface area contributed by atoms with Crippen molar-refractivity contribution >= 4 is 45.6 Å². The van der Waals surface area contributed by atoms with Gasteiger partial charge in [0.2, 0.25) is 10.0 Å². The lowest BCUT2D eigenvalue weighted by Crippen LogP contribution is -2.29. The Kier molecular flexibility index (Phi) is 7.86. The molecule has 0 aliphatic heterocycles. The van der Waals surface area contributed by atoms with Crippen LogP contribution in [-0.4, -0.2) is 30.8 Å². The fourth-order valence-electron chi connectivity index (χ4n) is 1.87. The van der Waals surface area contributed by atoms with Gasteiger partial charge in [0.25, 0.3) is 5.56 Å². The number of halogens is 3. The van der Waals surface area contributed by atoms with Gasteiger partial charge in [-0.3, -0.25) is 4.79 Å². The van der Waals surface area contributed by atoms with E-state index in [0.717, 1.165) is 4.68 Å². The quantitative estimate of drug-likeness (QED) is 0.733. The van der Waals surface area contributed by atoms with E-state index in [1.807, 2.05) is 0 Å². The second kappa shape index (κ2) is 8.98. The van der Waals surface area contributed by atoms with Crippen molar-refractivity contribution in [2.45, 2.75) is 24.3 Å². The molecule has 0 bridgehead atoms. The summed E-state index contributed by atoms with van der Waals surface area (Å²) in [6.07, 6.45) is 1.77. The van der Waals surface area contributed by atoms with Crippen LogP contribution in [0.25, 0.3) is 5.69 Å². The van der Waals surface area contributed by atoms with Crippen molar-refractivity contribution < 1.29 is 8.42 Å². The van der Waals surface area contributed by atoms with E-state index in [1.54, 1.807) is 6.92 Å². The average molecular weight is 428 g/mol. The Bertz CT molecular complexity index is 883. The molecule has 1 atom stereocenters. The van der Waals surface area contributed by atoms with E-state index in [9.17, 15) is 13.2 Å². The number of benzene rings is 1. The second-order valence-electron chi connectivity index (χ2n) is 5.18. The lowest BCUT2D eigenvalue weighted by molar-refractivity contribution is 0.572. The van der Waals surface area contributed by atoms with Crippen LogP contribution in [0.2, 0.25) is 10.0 Å². The standard InChI is InChI=1S/C14H16Cl2N4O3S.ClH/c1-9(17)6-7-19-24(22,23)11-4-2-10(3-5-11)20-14(21)13(16)12(15)8-18-20;/h2-5,8-9,19H,6-7,17H2,1H3;1H. The fourth-order valence-corrected chi connectivity index (χ4v) is 3.17. The summed E-state index contributed by atoms with van der Waals surface area (Å²) in [5.41, 5.74) is 5.37. The maximum atomic E-state index is 12.2. The number of nitrogens with zero attached hydrogens (tertiary/aromatic N) is 2. The Morgan fingerprint density at radius 3 is 2.44 bits per heavy atom. The molecule has 7 nitrogen and oxygen atoms in total. The molecule has 0 spiro atoms. The predicted octanol–water partition coefficient (Wildman–Crippen LogP) is 1.98. The first kappa shape index (κ1) is 21.9. The average Bonchev–Trinajstić information content (AvgIpc) is 2.52. The summed E-state index contributed by atoms with van der Waals surface area (Å²) < 4.78 is 27.8. The molecule has 1 aromatic carbocycles. The number of rotatable bonds is 6. The second-order valence-corrected chi connectivity index (χ2v) is 7.73. The van der Waals surface area contributed by atoms with E-state index >= 15 is 0 Å². The molecular weight excluding hydrogens is 411 g/mol. The Hall–Kier alpha value is -1.16. The molecule has 2 aromatic rings. The number of nitrogens with one attached hydrogen (secondary N) is 1. The van der Waals surface area contributed by atoms with Gasteiger partial charge >= 0.3 is 0 Å². The number of nitrogens with two attached hydrogens (primary N) is 1. The number of aromatic nitrogens is 2. The Balaban J connectivity index is 0.00000312. The molecule has 2 rings (SSSR count). The highest BCUT2D eigenvalue weighted by Crippen LogP contribution is 2.17. The third-order valence-electron chi connectivity index (χ3n) is 3.16. The molecule has 0 aliphatic rings. The first-order valence-electron chi connectivity index (χ1n) is 7.01. The van der Waals surface area contributed by atoms with Gasteiger partial charge < -0.3 is 5.73 Å². The van der Waals surface area contributed by atoms with Crippen LogP contribution in [0.4, 0.5) is 0 Å². The molecule has 1 unspecified atom stereocenters. The number of hydrogen-bond donors (Lipinski definition) is 2. The van der Waals surface area contributed by atoms with Crippen LogP contribution in [0.5, 0.6) is 0 Å². The van der Waals surface area contributed by atoms with E-state index < -0.39 is 15.6 Å². The third-order valence-corrected chi connectivity index (χ3v) is 5.39. The van der Waals surface area contributed by atoms with Crippen LogP contribution < -0.4 is 16.0 Å². The van der Waals surface area contributed by atoms with Gasteiger partial charge in [-0.25, -0.2) is 13.1 Å². The van der Waals surface area contributed by atoms with Gasteiger partial charge in [-0.2, -0.15) is 9.78 Å². The van der Waals surface area contributed by atoms with E-state index in [4.69, 9.17) is 28.9 Å². The van der Waals surface area contributed by atoms with Gasteiger partial charge in [0.05, 0.1) is 21.8 Å². The Labute approximate surface area is 161 Å². The molecule has 1 aromatic heterocycles. The summed E-state index contributed by atoms with van der Waals surface area (Å²) in [7, 11) is -3.64. The van der Waals surface area contributed by atoms with Crippen molar-refractivity contribution in [3.05, 3.63) is 50.9 Å². The van der Waals surface area contributed by atoms with E-state index in [0.29, 0.717) is 12.1 Å². The monoisotopic (exact) mass is 426 g/mol. The van der Waals surface area contributed by atoms with E-state index in [2.05, 4.69) is 9.82 Å². The van der Waals surface area contributed by atoms with Gasteiger partial charge in [0, 0.05) is 12.6 Å². The summed E-state index contributed by atoms with van der Waals surface area (Å²) in [4.78, 5) is 12.1. The zero-order chi connectivity index (χ0) is 17.9. The van der Waals surface area contributed by atoms with Crippen molar-refractivity contribution in [2.75, 3.05) is 6.54 Å². The van der Waals surface area contributed by atoms with Crippen molar-refractivity contribution in [3.8, 4) is 5.69 Å². The first-order valence-corrected chi connectivity index (χ1v) is 9.25. The molecule has 0 fully saturated rings. The summed E-state index contributed by atoms with van der Waals surface area (Å²) in [5, 5.41) is 3.78. The first-order chi connectivity index (χ1) is 11.2. The summed E-state index contributed by atoms with van der Waals surface area (Å²) in [6, 6.07) is 5.57. The minimum atomic E-state index is -3.64. The number of hydrogen-bond acceptors (Lipinski definition) is 5. The lowest BCUT2D eigenvalue weighted by Gasteiger charge is -2.10. The maximum Gasteiger partial charge on any atom is 0.291 e. The van der Waals surface area contributed by atoms with Gasteiger partial charge in [-0.05, 0) is 37.6 Å². The van der Waals surface area contributed by atoms with Crippen LogP contribution >= 0.6 is 35.6 Å². The van der Waals surface area contributed by atoms with Gasteiger partial charge in [0.1, 0.15) is 5.02 Å². The van der Waals surface area contributed by atoms with Crippen molar-refractivity contribution in [1.82, 2.24) is 14.5 Å². The van der Waals surface area contributed by atoms with Gasteiger partial charge in [-0.1, -0.05) is 23.2 Å². The molecule has 3 N–H and O–H groups in total. The molecule has 0 amide bonds. The fraction of sp³-hybridized carbons (Fsp3) is 0.286. The summed E-state index contributed by atoms with van der Waals surface area (Å²) in [6.45, 7) is 2.04. The highest BCUT2D eigenvalue weighted by Gasteiger charge is 2.15. The van der Waals surface area contributed by atoms with Gasteiger partial charge in [-0.15, -0.1) is 12.4 Å². The largest absolute Gasteiger partial charge is 0.328 e. The van der Waals surface area contributed by atoms with Crippen molar-refractivity contribution in [1.29, 1.82) is 0 Å². The molecule has 11 heteroatoms. The van der Waals surface area contributed by atoms with Crippen molar-refractivity contribution in [3.63, 3.8) is 0 Å². The highest BCUT2D eigenvalue weighted by molar-refractivity contribution is 7.89. The third kappa shape index (κ3) is 5.40. The number of sulfonamides is 1.